The summed E-state index contributed by atoms with van der Waals surface area (Å²) in [5, 5.41) is 2.98. The normalized spacial score (nSPS) is 15.0. The molecule has 1 aliphatic rings. The lowest BCUT2D eigenvalue weighted by molar-refractivity contribution is -0.142. The lowest BCUT2D eigenvalue weighted by Gasteiger charge is -2.22. The lowest BCUT2D eigenvalue weighted by atomic mass is 9.87. The Morgan fingerprint density at radius 2 is 1.72 bits per heavy atom. The van der Waals surface area contributed by atoms with E-state index >= 15 is 0 Å². The van der Waals surface area contributed by atoms with Crippen molar-refractivity contribution in [2.24, 2.45) is 5.73 Å². The SMILES string of the molecule is CCN(CC)C(=O)Nc1ccc(S(=O)(=O)N2C(=O)C(c3ccccc3Cl)c3c2cc([C@H](CCCCN)C(=O)OC)c(Cl)c3N)cc1. The predicted molar refractivity (Wildman–Crippen MR) is 180 cm³/mol. The van der Waals surface area contributed by atoms with E-state index in [0.717, 1.165) is 0 Å². The predicted octanol–water partition coefficient (Wildman–Crippen LogP) is 5.70. The van der Waals surface area contributed by atoms with Gasteiger partial charge in [0.15, 0.2) is 0 Å². The molecule has 0 aliphatic carbocycles. The average molecular weight is 691 g/mol. The molecule has 246 valence electrons. The van der Waals surface area contributed by atoms with Gasteiger partial charge < -0.3 is 26.4 Å². The second-order valence-corrected chi connectivity index (χ2v) is 13.2. The number of carbonyl (C=O) groups is 3. The van der Waals surface area contributed by atoms with Crippen molar-refractivity contribution in [3.8, 4) is 0 Å². The van der Waals surface area contributed by atoms with Crippen LogP contribution in [0.15, 0.2) is 59.5 Å². The number of halogens is 2. The molecule has 0 saturated heterocycles. The smallest absolute Gasteiger partial charge is 0.321 e. The molecule has 1 heterocycles. The van der Waals surface area contributed by atoms with Crippen molar-refractivity contribution in [3.63, 3.8) is 0 Å². The Labute approximate surface area is 278 Å². The number of esters is 1. The Morgan fingerprint density at radius 3 is 2.30 bits per heavy atom. The number of nitrogen functional groups attached to an aromatic ring is 1. The third kappa shape index (κ3) is 6.66. The van der Waals surface area contributed by atoms with Crippen molar-refractivity contribution in [3.05, 3.63) is 81.3 Å². The van der Waals surface area contributed by atoms with Crippen LogP contribution in [0.4, 0.5) is 21.9 Å². The van der Waals surface area contributed by atoms with E-state index in [-0.39, 0.29) is 43.5 Å². The Balaban J connectivity index is 1.87. The maximum absolute atomic E-state index is 14.3. The van der Waals surface area contributed by atoms with Gasteiger partial charge in [-0.1, -0.05) is 47.8 Å². The Morgan fingerprint density at radius 1 is 1.07 bits per heavy atom. The molecular formula is C32H37Cl2N5O6S. The fraction of sp³-hybridized carbons (Fsp3) is 0.344. The van der Waals surface area contributed by atoms with Gasteiger partial charge in [-0.15, -0.1) is 0 Å². The molecule has 3 aromatic rings. The van der Waals surface area contributed by atoms with Crippen molar-refractivity contribution < 1.29 is 27.5 Å². The van der Waals surface area contributed by atoms with E-state index in [9.17, 15) is 22.8 Å². The van der Waals surface area contributed by atoms with Crippen molar-refractivity contribution >= 4 is 68.2 Å². The zero-order chi connectivity index (χ0) is 33.8. The van der Waals surface area contributed by atoms with E-state index in [0.29, 0.717) is 54.5 Å². The summed E-state index contributed by atoms with van der Waals surface area (Å²) in [5.41, 5.74) is 13.3. The maximum atomic E-state index is 14.3. The number of rotatable bonds is 12. The van der Waals surface area contributed by atoms with Crippen LogP contribution >= 0.6 is 23.2 Å². The number of nitrogens with one attached hydrogen (secondary N) is 1. The molecule has 11 nitrogen and oxygen atoms in total. The second-order valence-electron chi connectivity index (χ2n) is 10.7. The van der Waals surface area contributed by atoms with Gasteiger partial charge in [-0.05, 0) is 80.8 Å². The largest absolute Gasteiger partial charge is 0.469 e. The van der Waals surface area contributed by atoms with E-state index in [1.54, 1.807) is 29.2 Å². The summed E-state index contributed by atoms with van der Waals surface area (Å²) >= 11 is 13.3. The molecule has 0 aromatic heterocycles. The zero-order valence-electron chi connectivity index (χ0n) is 25.8. The van der Waals surface area contributed by atoms with Gasteiger partial charge in [0.05, 0.1) is 40.2 Å². The number of carbonyl (C=O) groups excluding carboxylic acids is 3. The molecule has 5 N–H and O–H groups in total. The van der Waals surface area contributed by atoms with E-state index in [1.165, 1.54) is 37.4 Å². The number of hydrogen-bond acceptors (Lipinski definition) is 8. The Hall–Kier alpha value is -3.84. The van der Waals surface area contributed by atoms with Crippen LogP contribution in [0.5, 0.6) is 0 Å². The molecule has 0 saturated carbocycles. The fourth-order valence-corrected chi connectivity index (χ4v) is 7.57. The summed E-state index contributed by atoms with van der Waals surface area (Å²) in [7, 11) is -3.32. The number of sulfonamides is 1. The second kappa shape index (κ2) is 14.7. The van der Waals surface area contributed by atoms with Crippen LogP contribution in [-0.2, 0) is 24.3 Å². The number of hydrogen-bond donors (Lipinski definition) is 3. The van der Waals surface area contributed by atoms with Gasteiger partial charge in [0.1, 0.15) is 0 Å². The first-order chi connectivity index (χ1) is 21.9. The molecule has 2 atom stereocenters. The third-order valence-electron chi connectivity index (χ3n) is 8.02. The summed E-state index contributed by atoms with van der Waals surface area (Å²) < 4.78 is 34.3. The number of amides is 3. The molecule has 14 heteroatoms. The molecule has 1 aliphatic heterocycles. The standard InChI is InChI=1S/C32H37Cl2N5O6S/c1-4-38(5-2)32(42)37-19-13-15-20(16-14-19)46(43,44)39-25-18-23(21(31(41)45-3)10-8-9-17-35)28(34)29(36)27(25)26(30(39)40)22-11-6-7-12-24(22)33/h6-7,11-16,18,21,26H,4-5,8-10,17,35-36H2,1-3H3,(H,37,42)/t21-,26?/m0/s1. The van der Waals surface area contributed by atoms with E-state index in [4.69, 9.17) is 39.4 Å². The number of unbranched alkanes of at least 4 members (excludes halogenated alkanes) is 1. The highest BCUT2D eigenvalue weighted by Crippen LogP contribution is 2.52. The molecule has 3 amide bonds. The van der Waals surface area contributed by atoms with Gasteiger partial charge in [0.2, 0.25) is 0 Å². The van der Waals surface area contributed by atoms with Crippen LogP contribution < -0.4 is 21.1 Å². The summed E-state index contributed by atoms with van der Waals surface area (Å²) in [6.07, 6.45) is 1.49. The minimum absolute atomic E-state index is 0.0132. The Kier molecular flexibility index (Phi) is 11.2. The molecule has 4 rings (SSSR count). The molecule has 0 spiro atoms. The number of methoxy groups -OCH3 is 1. The van der Waals surface area contributed by atoms with E-state index in [2.05, 4.69) is 5.32 Å². The zero-order valence-corrected chi connectivity index (χ0v) is 28.1. The van der Waals surface area contributed by atoms with Crippen molar-refractivity contribution in [1.82, 2.24) is 4.90 Å². The third-order valence-corrected chi connectivity index (χ3v) is 10.5. The quantitative estimate of drug-likeness (QED) is 0.124. The number of ether oxygens (including phenoxy) is 1. The van der Waals surface area contributed by atoms with E-state index in [1.807, 2.05) is 13.8 Å². The van der Waals surface area contributed by atoms with Crippen LogP contribution in [0.1, 0.15) is 61.6 Å². The number of anilines is 3. The van der Waals surface area contributed by atoms with Crippen molar-refractivity contribution in [2.75, 3.05) is 42.1 Å². The monoisotopic (exact) mass is 689 g/mol. The minimum Gasteiger partial charge on any atom is -0.469 e. The van der Waals surface area contributed by atoms with Crippen molar-refractivity contribution in [1.29, 1.82) is 0 Å². The van der Waals surface area contributed by atoms with Crippen LogP contribution in [-0.4, -0.2) is 58.0 Å². The van der Waals surface area contributed by atoms with Gasteiger partial charge in [0, 0.05) is 29.4 Å². The number of urea groups is 1. The van der Waals surface area contributed by atoms with Gasteiger partial charge in [0.25, 0.3) is 15.9 Å². The fourth-order valence-electron chi connectivity index (χ4n) is 5.59. The number of nitrogens with two attached hydrogens (primary N) is 2. The summed E-state index contributed by atoms with van der Waals surface area (Å²) in [6, 6.07) is 13.1. The van der Waals surface area contributed by atoms with Gasteiger partial charge in [-0.3, -0.25) is 9.59 Å². The minimum atomic E-state index is -4.56. The van der Waals surface area contributed by atoms with Crippen LogP contribution in [0.2, 0.25) is 10.0 Å². The van der Waals surface area contributed by atoms with E-state index < -0.39 is 33.7 Å². The molecule has 0 radical (unpaired) electrons. The van der Waals surface area contributed by atoms with Gasteiger partial charge in [-0.25, -0.2) is 17.5 Å². The molecule has 0 bridgehead atoms. The number of fused-ring (bicyclic) bond motifs is 1. The van der Waals surface area contributed by atoms with Crippen molar-refractivity contribution in [2.45, 2.75) is 49.8 Å². The highest BCUT2D eigenvalue weighted by Gasteiger charge is 2.48. The first kappa shape index (κ1) is 35.0. The summed E-state index contributed by atoms with van der Waals surface area (Å²) in [5.74, 6) is -3.52. The topological polar surface area (TPSA) is 165 Å². The van der Waals surface area contributed by atoms with Crippen LogP contribution in [0, 0.1) is 0 Å². The molecule has 0 fully saturated rings. The molecule has 3 aromatic carbocycles. The first-order valence-electron chi connectivity index (χ1n) is 14.8. The summed E-state index contributed by atoms with van der Waals surface area (Å²) in [6.45, 7) is 5.09. The maximum Gasteiger partial charge on any atom is 0.321 e. The van der Waals surface area contributed by atoms with Gasteiger partial charge in [-0.2, -0.15) is 0 Å². The Bertz CT molecular complexity index is 1730. The molecule has 46 heavy (non-hydrogen) atoms. The van der Waals surface area contributed by atoms with Crippen LogP contribution in [0.3, 0.4) is 0 Å². The van der Waals surface area contributed by atoms with Crippen LogP contribution in [0.25, 0.3) is 0 Å². The first-order valence-corrected chi connectivity index (χ1v) is 17.0. The lowest BCUT2D eigenvalue weighted by Crippen LogP contribution is -2.35. The average Bonchev–Trinajstić information content (AvgIpc) is 3.34. The number of nitrogens with zero attached hydrogens (tertiary/aromatic N) is 2. The summed E-state index contributed by atoms with van der Waals surface area (Å²) in [4.78, 5) is 41.1. The van der Waals surface area contributed by atoms with Gasteiger partial charge >= 0.3 is 12.0 Å². The highest BCUT2D eigenvalue weighted by atomic mass is 35.5. The molecule has 1 unspecified atom stereocenters. The number of benzene rings is 3. The highest BCUT2D eigenvalue weighted by molar-refractivity contribution is 7.93. The molecular weight excluding hydrogens is 653 g/mol.